The highest BCUT2D eigenvalue weighted by molar-refractivity contribution is 7.13. The van der Waals surface area contributed by atoms with E-state index in [4.69, 9.17) is 4.74 Å². The molecule has 0 amide bonds. The highest BCUT2D eigenvalue weighted by Gasteiger charge is 2.22. The molecule has 0 spiro atoms. The van der Waals surface area contributed by atoms with Crippen molar-refractivity contribution in [3.05, 3.63) is 29.5 Å². The first-order valence-corrected chi connectivity index (χ1v) is 7.68. The number of thiazole rings is 1. The van der Waals surface area contributed by atoms with Crippen molar-refractivity contribution in [1.29, 1.82) is 0 Å². The summed E-state index contributed by atoms with van der Waals surface area (Å²) < 4.78 is 5.75. The summed E-state index contributed by atoms with van der Waals surface area (Å²) in [6, 6.07) is 1.81. The van der Waals surface area contributed by atoms with Gasteiger partial charge in [-0.1, -0.05) is 0 Å². The quantitative estimate of drug-likeness (QED) is 0.867. The van der Waals surface area contributed by atoms with Crippen LogP contribution in [0.2, 0.25) is 0 Å². The Kier molecular flexibility index (Phi) is 4.05. The Morgan fingerprint density at radius 1 is 1.25 bits per heavy atom. The largest absolute Gasteiger partial charge is 0.373 e. The topological polar surface area (TPSA) is 51.1 Å². The summed E-state index contributed by atoms with van der Waals surface area (Å²) >= 11 is 1.60. The second kappa shape index (κ2) is 5.95. The summed E-state index contributed by atoms with van der Waals surface area (Å²) in [7, 11) is 0. The molecule has 0 aromatic carbocycles. The zero-order valence-corrected chi connectivity index (χ0v) is 12.5. The van der Waals surface area contributed by atoms with E-state index < -0.39 is 0 Å². The van der Waals surface area contributed by atoms with Gasteiger partial charge in [0.05, 0.1) is 17.9 Å². The second-order valence-corrected chi connectivity index (χ2v) is 6.03. The summed E-state index contributed by atoms with van der Waals surface area (Å²) in [6.07, 6.45) is 4.06. The molecule has 5 nitrogen and oxygen atoms in total. The first-order valence-electron chi connectivity index (χ1n) is 6.80. The summed E-state index contributed by atoms with van der Waals surface area (Å²) in [5, 5.41) is 2.98. The third-order valence-electron chi connectivity index (χ3n) is 3.19. The van der Waals surface area contributed by atoms with Gasteiger partial charge in [-0.25, -0.2) is 15.0 Å². The van der Waals surface area contributed by atoms with Crippen LogP contribution < -0.4 is 0 Å². The van der Waals surface area contributed by atoms with Gasteiger partial charge in [0.1, 0.15) is 0 Å². The zero-order valence-electron chi connectivity index (χ0n) is 11.7. The van der Waals surface area contributed by atoms with E-state index in [0.717, 1.165) is 30.3 Å². The zero-order chi connectivity index (χ0) is 13.9. The van der Waals surface area contributed by atoms with E-state index >= 15 is 0 Å². The third-order valence-corrected chi connectivity index (χ3v) is 4.08. The summed E-state index contributed by atoms with van der Waals surface area (Å²) in [5.74, 6) is 0.701. The minimum atomic E-state index is 0.286. The van der Waals surface area contributed by atoms with Crippen molar-refractivity contribution in [2.24, 2.45) is 0 Å². The Bertz CT molecular complexity index is 549. The molecule has 2 aromatic heterocycles. The maximum Gasteiger partial charge on any atom is 0.188 e. The molecule has 0 N–H and O–H groups in total. The van der Waals surface area contributed by atoms with Gasteiger partial charge in [-0.05, 0) is 19.9 Å². The molecule has 3 rings (SSSR count). The number of hydrogen-bond acceptors (Lipinski definition) is 6. The SMILES string of the molecule is C[C@@H]1CN(Cc2csc(-c3ncccn3)n2)C[C@@H](C)O1. The highest BCUT2D eigenvalue weighted by Crippen LogP contribution is 2.21. The predicted molar refractivity (Wildman–Crippen MR) is 78.4 cm³/mol. The van der Waals surface area contributed by atoms with E-state index in [9.17, 15) is 0 Å². The lowest BCUT2D eigenvalue weighted by Crippen LogP contribution is -2.44. The van der Waals surface area contributed by atoms with Crippen molar-refractivity contribution >= 4 is 11.3 Å². The predicted octanol–water partition coefficient (Wildman–Crippen LogP) is 2.21. The van der Waals surface area contributed by atoms with Gasteiger partial charge in [0.2, 0.25) is 0 Å². The molecule has 106 valence electrons. The van der Waals surface area contributed by atoms with Gasteiger partial charge in [-0.2, -0.15) is 0 Å². The molecule has 1 saturated heterocycles. The maximum absolute atomic E-state index is 5.75. The lowest BCUT2D eigenvalue weighted by atomic mass is 10.2. The highest BCUT2D eigenvalue weighted by atomic mass is 32.1. The molecule has 1 fully saturated rings. The molecule has 3 heterocycles. The van der Waals surface area contributed by atoms with Crippen LogP contribution in [0.1, 0.15) is 19.5 Å². The van der Waals surface area contributed by atoms with Crippen LogP contribution in [0, 0.1) is 0 Å². The van der Waals surface area contributed by atoms with Gasteiger partial charge >= 0.3 is 0 Å². The monoisotopic (exact) mass is 290 g/mol. The van der Waals surface area contributed by atoms with Crippen LogP contribution >= 0.6 is 11.3 Å². The number of rotatable bonds is 3. The molecule has 1 aliphatic heterocycles. The normalized spacial score (nSPS) is 23.9. The minimum absolute atomic E-state index is 0.286. The lowest BCUT2D eigenvalue weighted by Gasteiger charge is -2.34. The lowest BCUT2D eigenvalue weighted by molar-refractivity contribution is -0.0707. The van der Waals surface area contributed by atoms with Crippen LogP contribution in [-0.2, 0) is 11.3 Å². The molecular formula is C14H18N4OS. The Morgan fingerprint density at radius 3 is 2.65 bits per heavy atom. The second-order valence-electron chi connectivity index (χ2n) is 5.17. The van der Waals surface area contributed by atoms with Crippen LogP contribution in [-0.4, -0.2) is 45.1 Å². The van der Waals surface area contributed by atoms with Gasteiger partial charge in [0.25, 0.3) is 0 Å². The molecule has 20 heavy (non-hydrogen) atoms. The molecule has 0 bridgehead atoms. The van der Waals surface area contributed by atoms with E-state index in [2.05, 4.69) is 39.1 Å². The summed E-state index contributed by atoms with van der Waals surface area (Å²) in [5.41, 5.74) is 1.08. The van der Waals surface area contributed by atoms with E-state index in [1.54, 1.807) is 23.7 Å². The Labute approximate surface area is 122 Å². The van der Waals surface area contributed by atoms with Gasteiger partial charge in [-0.3, -0.25) is 4.90 Å². The molecule has 0 radical (unpaired) electrons. The van der Waals surface area contributed by atoms with E-state index in [-0.39, 0.29) is 12.2 Å². The fraction of sp³-hybridized carbons (Fsp3) is 0.500. The summed E-state index contributed by atoms with van der Waals surface area (Å²) in [4.78, 5) is 15.5. The molecule has 1 aliphatic rings. The average molecular weight is 290 g/mol. The first kappa shape index (κ1) is 13.6. The molecule has 2 atom stereocenters. The Balaban J connectivity index is 1.68. The van der Waals surface area contributed by atoms with Crippen molar-refractivity contribution in [3.63, 3.8) is 0 Å². The molecule has 0 aliphatic carbocycles. The Hall–Kier alpha value is -1.37. The van der Waals surface area contributed by atoms with Gasteiger partial charge < -0.3 is 4.74 Å². The van der Waals surface area contributed by atoms with Crippen molar-refractivity contribution in [2.75, 3.05) is 13.1 Å². The number of ether oxygens (including phenoxy) is 1. The smallest absolute Gasteiger partial charge is 0.188 e. The van der Waals surface area contributed by atoms with E-state index in [1.807, 2.05) is 6.07 Å². The first-order chi connectivity index (χ1) is 9.70. The van der Waals surface area contributed by atoms with Crippen LogP contribution in [0.4, 0.5) is 0 Å². The van der Waals surface area contributed by atoms with Crippen LogP contribution in [0.15, 0.2) is 23.8 Å². The molecule has 0 unspecified atom stereocenters. The molecule has 0 saturated carbocycles. The number of morpholine rings is 1. The van der Waals surface area contributed by atoms with Crippen molar-refractivity contribution < 1.29 is 4.74 Å². The number of nitrogens with zero attached hydrogens (tertiary/aromatic N) is 4. The van der Waals surface area contributed by atoms with Gasteiger partial charge in [0.15, 0.2) is 10.8 Å². The molecule has 6 heteroatoms. The van der Waals surface area contributed by atoms with Crippen LogP contribution in [0.3, 0.4) is 0 Å². The van der Waals surface area contributed by atoms with E-state index in [0.29, 0.717) is 5.82 Å². The maximum atomic E-state index is 5.75. The van der Waals surface area contributed by atoms with Crippen LogP contribution in [0.25, 0.3) is 10.8 Å². The molecule has 2 aromatic rings. The standard InChI is InChI=1S/C14H18N4OS/c1-10-6-18(7-11(2)19-10)8-12-9-20-14(17-12)13-15-4-3-5-16-13/h3-5,9-11H,6-8H2,1-2H3/t10-,11-/m1/s1. The van der Waals surface area contributed by atoms with E-state index in [1.165, 1.54) is 0 Å². The van der Waals surface area contributed by atoms with Crippen molar-refractivity contribution in [1.82, 2.24) is 19.9 Å². The number of aromatic nitrogens is 3. The van der Waals surface area contributed by atoms with Gasteiger partial charge in [0, 0.05) is 37.4 Å². The average Bonchev–Trinajstić information content (AvgIpc) is 2.87. The number of hydrogen-bond donors (Lipinski definition) is 0. The van der Waals surface area contributed by atoms with Crippen molar-refractivity contribution in [2.45, 2.75) is 32.6 Å². The third kappa shape index (κ3) is 3.20. The van der Waals surface area contributed by atoms with Crippen molar-refractivity contribution in [3.8, 4) is 10.8 Å². The fourth-order valence-corrected chi connectivity index (χ4v) is 3.29. The van der Waals surface area contributed by atoms with Gasteiger partial charge in [-0.15, -0.1) is 11.3 Å². The fourth-order valence-electron chi connectivity index (χ4n) is 2.53. The Morgan fingerprint density at radius 2 is 1.95 bits per heavy atom. The minimum Gasteiger partial charge on any atom is -0.373 e. The molecular weight excluding hydrogens is 272 g/mol. The van der Waals surface area contributed by atoms with Crippen LogP contribution in [0.5, 0.6) is 0 Å². The summed E-state index contributed by atoms with van der Waals surface area (Å²) in [6.45, 7) is 7.01.